The Kier molecular flexibility index (Phi) is 3.08. The summed E-state index contributed by atoms with van der Waals surface area (Å²) in [4.78, 5) is 27.6. The van der Waals surface area contributed by atoms with Crippen molar-refractivity contribution in [2.24, 2.45) is 10.4 Å². The van der Waals surface area contributed by atoms with Crippen LogP contribution in [0.15, 0.2) is 35.3 Å². The Balaban J connectivity index is 1.94. The Labute approximate surface area is 123 Å². The fourth-order valence-corrected chi connectivity index (χ4v) is 3.08. The van der Waals surface area contributed by atoms with Crippen LogP contribution in [0.4, 0.5) is 4.79 Å². The van der Waals surface area contributed by atoms with E-state index < -0.39 is 11.9 Å². The predicted molar refractivity (Wildman–Crippen MR) is 75.9 cm³/mol. The van der Waals surface area contributed by atoms with E-state index in [0.717, 1.165) is 0 Å². The standard InChI is InChI=1S/C16H17NO4/c1-15(2)8-12(18)9-16(10-15)20-13(17-14(19)21-16)11-6-4-3-5-7-11/h3-7H,8-10H2,1-2H3. The molecule has 1 aliphatic heterocycles. The van der Waals surface area contributed by atoms with Crippen molar-refractivity contribution in [2.75, 3.05) is 0 Å². The molecule has 0 bridgehead atoms. The fraction of sp³-hybridized carbons (Fsp3) is 0.438. The van der Waals surface area contributed by atoms with Crippen LogP contribution < -0.4 is 0 Å². The molecule has 1 amide bonds. The Hall–Kier alpha value is -2.17. The largest absolute Gasteiger partial charge is 0.440 e. The molecule has 1 unspecified atom stereocenters. The minimum Gasteiger partial charge on any atom is -0.434 e. The predicted octanol–water partition coefficient (Wildman–Crippen LogP) is 3.08. The van der Waals surface area contributed by atoms with Gasteiger partial charge in [-0.1, -0.05) is 32.0 Å². The fourth-order valence-electron chi connectivity index (χ4n) is 3.08. The molecule has 0 N–H and O–H groups in total. The van der Waals surface area contributed by atoms with Gasteiger partial charge in [-0.25, -0.2) is 4.79 Å². The molecular weight excluding hydrogens is 270 g/mol. The van der Waals surface area contributed by atoms with Crippen LogP contribution in [0.1, 0.15) is 38.7 Å². The van der Waals surface area contributed by atoms with Crippen molar-refractivity contribution in [3.8, 4) is 0 Å². The SMILES string of the molecule is CC1(C)CC(=O)CC2(C1)OC(=O)N=C(c1ccccc1)O2. The molecule has 5 heteroatoms. The summed E-state index contributed by atoms with van der Waals surface area (Å²) in [5, 5.41) is 0. The number of hydrogen-bond acceptors (Lipinski definition) is 4. The Morgan fingerprint density at radius 1 is 1.05 bits per heavy atom. The highest BCUT2D eigenvalue weighted by molar-refractivity contribution is 6.01. The van der Waals surface area contributed by atoms with Gasteiger partial charge in [0.25, 0.3) is 5.79 Å². The van der Waals surface area contributed by atoms with Gasteiger partial charge in [-0.2, -0.15) is 0 Å². The summed E-state index contributed by atoms with van der Waals surface area (Å²) in [7, 11) is 0. The zero-order valence-corrected chi connectivity index (χ0v) is 12.1. The first-order valence-corrected chi connectivity index (χ1v) is 6.95. The lowest BCUT2D eigenvalue weighted by Gasteiger charge is -2.43. The van der Waals surface area contributed by atoms with E-state index in [1.165, 1.54) is 0 Å². The molecule has 0 aromatic heterocycles. The van der Waals surface area contributed by atoms with Crippen LogP contribution >= 0.6 is 0 Å². The number of aliphatic imine (C=N–C) groups is 1. The lowest BCUT2D eigenvalue weighted by molar-refractivity contribution is -0.194. The molecule has 21 heavy (non-hydrogen) atoms. The van der Waals surface area contributed by atoms with Gasteiger partial charge in [-0.3, -0.25) is 4.79 Å². The Morgan fingerprint density at radius 3 is 2.43 bits per heavy atom. The van der Waals surface area contributed by atoms with Gasteiger partial charge in [0.1, 0.15) is 5.78 Å². The third-order valence-electron chi connectivity index (χ3n) is 3.66. The number of Topliss-reactive ketones (excluding diaryl/α,β-unsaturated/α-hetero) is 1. The molecule has 0 radical (unpaired) electrons. The molecule has 1 spiro atoms. The first kappa shape index (κ1) is 13.8. The number of carbonyl (C=O) groups is 2. The van der Waals surface area contributed by atoms with Gasteiger partial charge >= 0.3 is 6.09 Å². The van der Waals surface area contributed by atoms with Crippen LogP contribution in [-0.4, -0.2) is 23.6 Å². The number of hydrogen-bond donors (Lipinski definition) is 0. The molecule has 1 saturated carbocycles. The average molecular weight is 287 g/mol. The molecule has 110 valence electrons. The topological polar surface area (TPSA) is 65.0 Å². The van der Waals surface area contributed by atoms with Crippen LogP contribution in [0, 0.1) is 5.41 Å². The molecule has 3 rings (SSSR count). The van der Waals surface area contributed by atoms with E-state index in [4.69, 9.17) is 9.47 Å². The summed E-state index contributed by atoms with van der Waals surface area (Å²) < 4.78 is 11.2. The Morgan fingerprint density at radius 2 is 1.76 bits per heavy atom. The normalized spacial score (nSPS) is 27.8. The summed E-state index contributed by atoms with van der Waals surface area (Å²) in [6.07, 6.45) is 0.316. The lowest BCUT2D eigenvalue weighted by atomic mass is 9.73. The minimum absolute atomic E-state index is 0.0355. The van der Waals surface area contributed by atoms with Crippen molar-refractivity contribution in [1.29, 1.82) is 0 Å². The van der Waals surface area contributed by atoms with Gasteiger partial charge in [-0.05, 0) is 17.5 Å². The third-order valence-corrected chi connectivity index (χ3v) is 3.66. The quantitative estimate of drug-likeness (QED) is 0.796. The van der Waals surface area contributed by atoms with Crippen molar-refractivity contribution < 1.29 is 19.1 Å². The van der Waals surface area contributed by atoms with E-state index in [0.29, 0.717) is 18.4 Å². The van der Waals surface area contributed by atoms with Crippen LogP contribution in [0.2, 0.25) is 0 Å². The van der Waals surface area contributed by atoms with Gasteiger partial charge in [0.2, 0.25) is 5.90 Å². The summed E-state index contributed by atoms with van der Waals surface area (Å²) in [5.41, 5.74) is 0.429. The minimum atomic E-state index is -1.22. The molecule has 1 aromatic carbocycles. The summed E-state index contributed by atoms with van der Waals surface area (Å²) in [6.45, 7) is 3.94. The second-order valence-corrected chi connectivity index (χ2v) is 6.40. The average Bonchev–Trinajstić information content (AvgIpc) is 2.35. The maximum absolute atomic E-state index is 12.0. The van der Waals surface area contributed by atoms with E-state index in [1.807, 2.05) is 32.0 Å². The molecule has 0 saturated heterocycles. The van der Waals surface area contributed by atoms with Gasteiger partial charge in [-0.15, -0.1) is 4.99 Å². The first-order chi connectivity index (χ1) is 9.88. The van der Waals surface area contributed by atoms with Crippen LogP contribution in [0.25, 0.3) is 0 Å². The molecule has 1 heterocycles. The van der Waals surface area contributed by atoms with Crippen molar-refractivity contribution in [2.45, 2.75) is 38.9 Å². The highest BCUT2D eigenvalue weighted by atomic mass is 16.7. The summed E-state index contributed by atoms with van der Waals surface area (Å²) >= 11 is 0. The van der Waals surface area contributed by atoms with Crippen LogP contribution in [0.3, 0.4) is 0 Å². The second-order valence-electron chi connectivity index (χ2n) is 6.40. The highest BCUT2D eigenvalue weighted by Gasteiger charge is 2.51. The van der Waals surface area contributed by atoms with E-state index in [2.05, 4.69) is 4.99 Å². The molecule has 5 nitrogen and oxygen atoms in total. The van der Waals surface area contributed by atoms with E-state index in [1.54, 1.807) is 12.1 Å². The van der Waals surface area contributed by atoms with Crippen LogP contribution in [0.5, 0.6) is 0 Å². The van der Waals surface area contributed by atoms with E-state index in [-0.39, 0.29) is 23.5 Å². The maximum atomic E-state index is 12.0. The van der Waals surface area contributed by atoms with Gasteiger partial charge in [0.05, 0.1) is 6.42 Å². The van der Waals surface area contributed by atoms with Gasteiger partial charge < -0.3 is 9.47 Å². The first-order valence-electron chi connectivity index (χ1n) is 6.95. The molecular formula is C16H17NO4. The zero-order valence-electron chi connectivity index (χ0n) is 12.1. The highest BCUT2D eigenvalue weighted by Crippen LogP contribution is 2.43. The summed E-state index contributed by atoms with van der Waals surface area (Å²) in [6, 6.07) is 9.16. The maximum Gasteiger partial charge on any atom is 0.440 e. The second kappa shape index (κ2) is 4.69. The molecule has 1 atom stereocenters. The van der Waals surface area contributed by atoms with Crippen molar-refractivity contribution in [1.82, 2.24) is 0 Å². The van der Waals surface area contributed by atoms with E-state index in [9.17, 15) is 9.59 Å². The van der Waals surface area contributed by atoms with Crippen molar-refractivity contribution in [3.05, 3.63) is 35.9 Å². The van der Waals surface area contributed by atoms with Gasteiger partial charge in [0.15, 0.2) is 0 Å². The smallest absolute Gasteiger partial charge is 0.434 e. The lowest BCUT2D eigenvalue weighted by Crippen LogP contribution is -2.51. The molecule has 1 aromatic rings. The number of ether oxygens (including phenoxy) is 2. The monoisotopic (exact) mass is 287 g/mol. The number of carbonyl (C=O) groups excluding carboxylic acids is 2. The van der Waals surface area contributed by atoms with Crippen LogP contribution in [-0.2, 0) is 14.3 Å². The molecule has 1 fully saturated rings. The van der Waals surface area contributed by atoms with Crippen molar-refractivity contribution in [3.63, 3.8) is 0 Å². The van der Waals surface area contributed by atoms with Crippen molar-refractivity contribution >= 4 is 17.8 Å². The molecule has 1 aliphatic carbocycles. The number of nitrogens with zero attached hydrogens (tertiary/aromatic N) is 1. The molecule has 2 aliphatic rings. The zero-order chi connectivity index (χ0) is 15.1. The number of ketones is 1. The number of rotatable bonds is 1. The van der Waals surface area contributed by atoms with E-state index >= 15 is 0 Å². The number of benzene rings is 1. The Bertz CT molecular complexity index is 620. The third kappa shape index (κ3) is 2.82. The van der Waals surface area contributed by atoms with Gasteiger partial charge in [0, 0.05) is 18.4 Å². The summed E-state index contributed by atoms with van der Waals surface area (Å²) in [5.74, 6) is -0.964. The number of amides is 1.